The van der Waals surface area contributed by atoms with Crippen molar-refractivity contribution in [3.05, 3.63) is 81.5 Å². The third kappa shape index (κ3) is 4.99. The first-order valence-corrected chi connectivity index (χ1v) is 10.6. The number of hydrogen-bond donors (Lipinski definition) is 3. The van der Waals surface area contributed by atoms with E-state index in [4.69, 9.17) is 17.3 Å². The molecule has 29 heavy (non-hydrogen) atoms. The van der Waals surface area contributed by atoms with Crippen molar-refractivity contribution in [2.24, 2.45) is 5.73 Å². The Labute approximate surface area is 181 Å². The van der Waals surface area contributed by atoms with Crippen molar-refractivity contribution in [3.63, 3.8) is 0 Å². The van der Waals surface area contributed by atoms with Crippen molar-refractivity contribution >= 4 is 45.8 Å². The quantitative estimate of drug-likeness (QED) is 0.391. The van der Waals surface area contributed by atoms with Gasteiger partial charge in [-0.1, -0.05) is 17.7 Å². The third-order valence-corrected chi connectivity index (χ3v) is 6.02. The second-order valence-corrected chi connectivity index (χ2v) is 8.66. The van der Waals surface area contributed by atoms with Gasteiger partial charge in [-0.3, -0.25) is 3.97 Å². The minimum absolute atomic E-state index is 0.791. The second kappa shape index (κ2) is 9.44. The molecular formula is C23H27ClN4S. The zero-order valence-electron chi connectivity index (χ0n) is 17.2. The summed E-state index contributed by atoms with van der Waals surface area (Å²) in [6.07, 6.45) is 7.59. The molecule has 0 aliphatic carbocycles. The van der Waals surface area contributed by atoms with Gasteiger partial charge >= 0.3 is 0 Å². The van der Waals surface area contributed by atoms with E-state index in [0.29, 0.717) is 0 Å². The summed E-state index contributed by atoms with van der Waals surface area (Å²) in [7, 11) is 1.97. The highest BCUT2D eigenvalue weighted by Gasteiger charge is 2.11. The van der Waals surface area contributed by atoms with E-state index in [1.807, 2.05) is 32.2 Å². The van der Waals surface area contributed by atoms with Crippen LogP contribution in [0.4, 0.5) is 11.4 Å². The lowest BCUT2D eigenvalue weighted by Gasteiger charge is -2.13. The topological polar surface area (TPSA) is 55.0 Å². The average molecular weight is 427 g/mol. The molecule has 3 rings (SSSR count). The molecule has 0 unspecified atom stereocenters. The SMILES string of the molecule is CNCc1cn(S/C(C)=C/C=C\N)c2cc(Nc3cc(C)c(Cl)cc3C)ccc12. The molecule has 0 aliphatic heterocycles. The van der Waals surface area contributed by atoms with Gasteiger partial charge in [0, 0.05) is 39.4 Å². The molecule has 0 saturated carbocycles. The number of nitrogens with zero attached hydrogens (tertiary/aromatic N) is 1. The van der Waals surface area contributed by atoms with Gasteiger partial charge in [-0.15, -0.1) is 0 Å². The minimum Gasteiger partial charge on any atom is -0.405 e. The molecule has 2 aromatic carbocycles. The van der Waals surface area contributed by atoms with Crippen LogP contribution in [0, 0.1) is 13.8 Å². The summed E-state index contributed by atoms with van der Waals surface area (Å²) >= 11 is 7.93. The van der Waals surface area contributed by atoms with E-state index in [-0.39, 0.29) is 0 Å². The first kappa shape index (κ1) is 21.4. The van der Waals surface area contributed by atoms with E-state index >= 15 is 0 Å². The first-order chi connectivity index (χ1) is 13.9. The molecule has 3 aromatic rings. The van der Waals surface area contributed by atoms with Gasteiger partial charge in [0.25, 0.3) is 0 Å². The monoisotopic (exact) mass is 426 g/mol. The number of anilines is 2. The van der Waals surface area contributed by atoms with Crippen LogP contribution >= 0.6 is 23.5 Å². The normalized spacial score (nSPS) is 12.2. The fourth-order valence-electron chi connectivity index (χ4n) is 3.20. The van der Waals surface area contributed by atoms with Crippen LogP contribution in [0.2, 0.25) is 5.02 Å². The Balaban J connectivity index is 2.01. The Morgan fingerprint density at radius 1 is 1.21 bits per heavy atom. The Morgan fingerprint density at radius 3 is 2.72 bits per heavy atom. The largest absolute Gasteiger partial charge is 0.405 e. The van der Waals surface area contributed by atoms with Crippen molar-refractivity contribution in [2.75, 3.05) is 12.4 Å². The predicted molar refractivity (Wildman–Crippen MR) is 129 cm³/mol. The number of rotatable bonds is 7. The highest BCUT2D eigenvalue weighted by molar-refractivity contribution is 8.01. The molecule has 1 aromatic heterocycles. The zero-order valence-corrected chi connectivity index (χ0v) is 18.8. The van der Waals surface area contributed by atoms with Gasteiger partial charge in [0.15, 0.2) is 0 Å². The highest BCUT2D eigenvalue weighted by Crippen LogP contribution is 2.33. The molecule has 4 N–H and O–H groups in total. The Hall–Kier alpha value is -2.34. The molecule has 0 radical (unpaired) electrons. The number of halogens is 1. The van der Waals surface area contributed by atoms with Crippen molar-refractivity contribution in [1.82, 2.24) is 9.29 Å². The van der Waals surface area contributed by atoms with Gasteiger partial charge in [-0.2, -0.15) is 0 Å². The van der Waals surface area contributed by atoms with E-state index in [1.165, 1.54) is 10.9 Å². The van der Waals surface area contributed by atoms with Crippen molar-refractivity contribution < 1.29 is 0 Å². The molecule has 0 saturated heterocycles. The van der Waals surface area contributed by atoms with Gasteiger partial charge in [-0.05, 0) is 99.1 Å². The summed E-state index contributed by atoms with van der Waals surface area (Å²) in [6.45, 7) is 6.98. The Kier molecular flexibility index (Phi) is 6.96. The van der Waals surface area contributed by atoms with Crippen molar-refractivity contribution in [1.29, 1.82) is 0 Å². The molecule has 0 aliphatic rings. The minimum atomic E-state index is 0.791. The lowest BCUT2D eigenvalue weighted by atomic mass is 10.1. The summed E-state index contributed by atoms with van der Waals surface area (Å²) in [5, 5.41) is 8.84. The molecule has 0 bridgehead atoms. The molecule has 0 fully saturated rings. The summed E-state index contributed by atoms with van der Waals surface area (Å²) in [5.74, 6) is 0. The third-order valence-electron chi connectivity index (χ3n) is 4.69. The van der Waals surface area contributed by atoms with Gasteiger partial charge < -0.3 is 16.4 Å². The van der Waals surface area contributed by atoms with Gasteiger partial charge in [-0.25, -0.2) is 0 Å². The molecule has 152 valence electrons. The van der Waals surface area contributed by atoms with Crippen LogP contribution in [0.1, 0.15) is 23.6 Å². The van der Waals surface area contributed by atoms with E-state index in [9.17, 15) is 0 Å². The van der Waals surface area contributed by atoms with Crippen LogP contribution in [-0.4, -0.2) is 11.0 Å². The summed E-state index contributed by atoms with van der Waals surface area (Å²) in [6, 6.07) is 10.6. The standard InChI is InChI=1S/C23H27ClN4S/c1-15-11-22(16(2)10-21(15)24)27-19-7-8-20-18(13-26-4)14-28(23(20)12-19)29-17(3)6-5-9-25/h5-12,14,26-27H,13,25H2,1-4H3/b9-5-,17-6+. The maximum Gasteiger partial charge on any atom is 0.0618 e. The fraction of sp³-hybridized carbons (Fsp3) is 0.217. The Bertz CT molecular complexity index is 1080. The molecule has 0 spiro atoms. The molecular weight excluding hydrogens is 400 g/mol. The molecule has 0 amide bonds. The van der Waals surface area contributed by atoms with Crippen LogP contribution in [-0.2, 0) is 6.54 Å². The van der Waals surface area contributed by atoms with Crippen LogP contribution in [0.3, 0.4) is 0 Å². The van der Waals surface area contributed by atoms with Gasteiger partial charge in [0.2, 0.25) is 0 Å². The maximum absolute atomic E-state index is 6.25. The summed E-state index contributed by atoms with van der Waals surface area (Å²) in [5.41, 5.74) is 12.2. The summed E-state index contributed by atoms with van der Waals surface area (Å²) in [4.78, 5) is 1.15. The van der Waals surface area contributed by atoms with Crippen LogP contribution in [0.25, 0.3) is 10.9 Å². The van der Waals surface area contributed by atoms with E-state index in [2.05, 4.69) is 58.9 Å². The Morgan fingerprint density at radius 2 is 2.00 bits per heavy atom. The number of fused-ring (bicyclic) bond motifs is 1. The van der Waals surface area contributed by atoms with Crippen molar-refractivity contribution in [3.8, 4) is 0 Å². The first-order valence-electron chi connectivity index (χ1n) is 9.48. The lowest BCUT2D eigenvalue weighted by Crippen LogP contribution is -2.04. The second-order valence-electron chi connectivity index (χ2n) is 7.04. The smallest absolute Gasteiger partial charge is 0.0618 e. The fourth-order valence-corrected chi connectivity index (χ4v) is 4.30. The summed E-state index contributed by atoms with van der Waals surface area (Å²) < 4.78 is 2.21. The van der Waals surface area contributed by atoms with Crippen molar-refractivity contribution in [2.45, 2.75) is 27.3 Å². The van der Waals surface area contributed by atoms with E-state index in [1.54, 1.807) is 18.1 Å². The van der Waals surface area contributed by atoms with Crippen LogP contribution in [0.5, 0.6) is 0 Å². The van der Waals surface area contributed by atoms with Gasteiger partial charge in [0.05, 0.1) is 5.52 Å². The number of benzene rings is 2. The molecule has 1 heterocycles. The number of nitrogens with one attached hydrogen (secondary N) is 2. The van der Waals surface area contributed by atoms with E-state index < -0.39 is 0 Å². The highest BCUT2D eigenvalue weighted by atomic mass is 35.5. The molecule has 6 heteroatoms. The molecule has 4 nitrogen and oxygen atoms in total. The number of allylic oxidation sites excluding steroid dienone is 3. The predicted octanol–water partition coefficient (Wildman–Crippen LogP) is 6.25. The maximum atomic E-state index is 6.25. The number of hydrogen-bond acceptors (Lipinski definition) is 4. The molecule has 0 atom stereocenters. The van der Waals surface area contributed by atoms with Gasteiger partial charge in [0.1, 0.15) is 0 Å². The van der Waals surface area contributed by atoms with E-state index in [0.717, 1.165) is 44.5 Å². The number of nitrogens with two attached hydrogens (primary N) is 1. The lowest BCUT2D eigenvalue weighted by molar-refractivity contribution is 0.822. The number of aryl methyl sites for hydroxylation is 2. The van der Waals surface area contributed by atoms with Crippen LogP contribution in [0.15, 0.2) is 59.8 Å². The average Bonchev–Trinajstić information content (AvgIpc) is 3.01. The van der Waals surface area contributed by atoms with Crippen LogP contribution < -0.4 is 16.4 Å². The zero-order chi connectivity index (χ0) is 21.0. The number of aromatic nitrogens is 1.